The summed E-state index contributed by atoms with van der Waals surface area (Å²) in [5.41, 5.74) is 1.72. The number of benzene rings is 2. The SMILES string of the molecule is O=C(O)[C@H]1CCN(C(=O)OCc2ccccc2)[C@H]1c1ccccc1. The summed E-state index contributed by atoms with van der Waals surface area (Å²) in [5, 5.41) is 9.47. The van der Waals surface area contributed by atoms with Gasteiger partial charge in [0.25, 0.3) is 0 Å². The second-order valence-electron chi connectivity index (χ2n) is 5.82. The molecule has 2 aromatic rings. The van der Waals surface area contributed by atoms with Crippen molar-refractivity contribution in [2.24, 2.45) is 5.92 Å². The fourth-order valence-electron chi connectivity index (χ4n) is 3.12. The van der Waals surface area contributed by atoms with E-state index < -0.39 is 24.0 Å². The summed E-state index contributed by atoms with van der Waals surface area (Å²) in [6, 6.07) is 18.2. The van der Waals surface area contributed by atoms with Gasteiger partial charge in [-0.2, -0.15) is 0 Å². The summed E-state index contributed by atoms with van der Waals surface area (Å²) in [5.74, 6) is -1.50. The van der Waals surface area contributed by atoms with Crippen LogP contribution in [0.1, 0.15) is 23.6 Å². The topological polar surface area (TPSA) is 66.8 Å². The van der Waals surface area contributed by atoms with Gasteiger partial charge in [-0.25, -0.2) is 4.79 Å². The van der Waals surface area contributed by atoms with Crippen LogP contribution in [0.2, 0.25) is 0 Å². The number of rotatable bonds is 4. The van der Waals surface area contributed by atoms with Crippen molar-refractivity contribution in [3.63, 3.8) is 0 Å². The molecular formula is C19H19NO4. The summed E-state index contributed by atoms with van der Waals surface area (Å²) in [6.45, 7) is 0.555. The van der Waals surface area contributed by atoms with Crippen molar-refractivity contribution < 1.29 is 19.4 Å². The smallest absolute Gasteiger partial charge is 0.410 e. The van der Waals surface area contributed by atoms with Gasteiger partial charge in [0, 0.05) is 6.54 Å². The first-order chi connectivity index (χ1) is 11.7. The molecule has 0 bridgehead atoms. The Bertz CT molecular complexity index is 702. The van der Waals surface area contributed by atoms with Crippen LogP contribution in [0.25, 0.3) is 0 Å². The summed E-state index contributed by atoms with van der Waals surface area (Å²) in [6.07, 6.45) is -0.0496. The molecule has 1 saturated heterocycles. The summed E-state index contributed by atoms with van der Waals surface area (Å²) < 4.78 is 5.39. The van der Waals surface area contributed by atoms with Gasteiger partial charge in [-0.3, -0.25) is 4.79 Å². The lowest BCUT2D eigenvalue weighted by atomic mass is 9.94. The monoisotopic (exact) mass is 325 g/mol. The van der Waals surface area contributed by atoms with Gasteiger partial charge in [0.05, 0.1) is 12.0 Å². The van der Waals surface area contributed by atoms with E-state index in [4.69, 9.17) is 4.74 Å². The van der Waals surface area contributed by atoms with Gasteiger partial charge in [0.15, 0.2) is 0 Å². The van der Waals surface area contributed by atoms with Gasteiger partial charge >= 0.3 is 12.1 Å². The predicted molar refractivity (Wildman–Crippen MR) is 88.3 cm³/mol. The number of hydrogen-bond acceptors (Lipinski definition) is 3. The van der Waals surface area contributed by atoms with Crippen LogP contribution in [0, 0.1) is 5.92 Å². The number of aliphatic carboxylic acids is 1. The molecule has 1 aliphatic rings. The van der Waals surface area contributed by atoms with Crippen LogP contribution in [0.15, 0.2) is 60.7 Å². The van der Waals surface area contributed by atoms with Gasteiger partial charge < -0.3 is 14.7 Å². The van der Waals surface area contributed by atoms with Crippen LogP contribution in [0.5, 0.6) is 0 Å². The van der Waals surface area contributed by atoms with E-state index in [1.165, 1.54) is 4.90 Å². The standard InChI is InChI=1S/C19H19NO4/c21-18(22)16-11-12-20(17(16)15-9-5-2-6-10-15)19(23)24-13-14-7-3-1-4-8-14/h1-10,16-17H,11-13H2,(H,21,22)/t16-,17-/m0/s1. The zero-order chi connectivity index (χ0) is 16.9. The van der Waals surface area contributed by atoms with Crippen LogP contribution < -0.4 is 0 Å². The van der Waals surface area contributed by atoms with Crippen molar-refractivity contribution >= 4 is 12.1 Å². The number of carbonyl (C=O) groups excluding carboxylic acids is 1. The van der Waals surface area contributed by atoms with E-state index in [1.54, 1.807) is 0 Å². The number of amides is 1. The molecule has 2 aromatic carbocycles. The number of hydrogen-bond donors (Lipinski definition) is 1. The molecule has 0 aliphatic carbocycles. The lowest BCUT2D eigenvalue weighted by molar-refractivity contribution is -0.142. The molecule has 1 fully saturated rings. The lowest BCUT2D eigenvalue weighted by Crippen LogP contribution is -2.34. The third-order valence-electron chi connectivity index (χ3n) is 4.30. The zero-order valence-electron chi connectivity index (χ0n) is 13.2. The van der Waals surface area contributed by atoms with Crippen molar-refractivity contribution in [3.05, 3.63) is 71.8 Å². The highest BCUT2D eigenvalue weighted by atomic mass is 16.6. The molecule has 3 rings (SSSR count). The first-order valence-electron chi connectivity index (χ1n) is 7.92. The minimum atomic E-state index is -0.887. The van der Waals surface area contributed by atoms with E-state index in [2.05, 4.69) is 0 Å². The Morgan fingerprint density at radius 1 is 1.04 bits per heavy atom. The lowest BCUT2D eigenvalue weighted by Gasteiger charge is -2.26. The van der Waals surface area contributed by atoms with Crippen molar-refractivity contribution in [2.75, 3.05) is 6.54 Å². The number of carbonyl (C=O) groups is 2. The van der Waals surface area contributed by atoms with Crippen LogP contribution in [-0.4, -0.2) is 28.6 Å². The molecule has 124 valence electrons. The average molecular weight is 325 g/mol. The molecule has 2 atom stereocenters. The van der Waals surface area contributed by atoms with Gasteiger partial charge in [-0.05, 0) is 17.5 Å². The van der Waals surface area contributed by atoms with Crippen LogP contribution >= 0.6 is 0 Å². The van der Waals surface area contributed by atoms with Crippen LogP contribution in [-0.2, 0) is 16.1 Å². The van der Waals surface area contributed by atoms with E-state index in [0.717, 1.165) is 11.1 Å². The predicted octanol–water partition coefficient (Wildman–Crippen LogP) is 3.47. The van der Waals surface area contributed by atoms with Gasteiger partial charge in [0.2, 0.25) is 0 Å². The molecule has 0 unspecified atom stereocenters. The number of carboxylic acid groups (broad SMARTS) is 1. The van der Waals surface area contributed by atoms with Crippen molar-refractivity contribution in [3.8, 4) is 0 Å². The minimum Gasteiger partial charge on any atom is -0.481 e. The van der Waals surface area contributed by atoms with Gasteiger partial charge in [-0.15, -0.1) is 0 Å². The number of carboxylic acids is 1. The molecule has 0 radical (unpaired) electrons. The Kier molecular flexibility index (Phi) is 4.79. The summed E-state index contributed by atoms with van der Waals surface area (Å²) in [7, 11) is 0. The summed E-state index contributed by atoms with van der Waals surface area (Å²) >= 11 is 0. The Labute approximate surface area is 140 Å². The van der Waals surface area contributed by atoms with E-state index in [9.17, 15) is 14.7 Å². The number of likely N-dealkylation sites (tertiary alicyclic amines) is 1. The highest BCUT2D eigenvalue weighted by molar-refractivity contribution is 5.75. The van der Waals surface area contributed by atoms with E-state index in [-0.39, 0.29) is 6.61 Å². The molecule has 1 N–H and O–H groups in total. The van der Waals surface area contributed by atoms with Crippen LogP contribution in [0.4, 0.5) is 4.79 Å². The first kappa shape index (κ1) is 16.1. The second-order valence-corrected chi connectivity index (χ2v) is 5.82. The van der Waals surface area contributed by atoms with E-state index in [0.29, 0.717) is 13.0 Å². The maximum Gasteiger partial charge on any atom is 0.410 e. The Morgan fingerprint density at radius 3 is 2.29 bits per heavy atom. The zero-order valence-corrected chi connectivity index (χ0v) is 13.2. The molecule has 0 spiro atoms. The molecule has 1 aliphatic heterocycles. The average Bonchev–Trinajstić information content (AvgIpc) is 3.07. The number of ether oxygens (including phenoxy) is 1. The van der Waals surface area contributed by atoms with Crippen molar-refractivity contribution in [1.82, 2.24) is 4.90 Å². The highest BCUT2D eigenvalue weighted by Crippen LogP contribution is 2.37. The molecule has 0 aromatic heterocycles. The maximum atomic E-state index is 12.5. The van der Waals surface area contributed by atoms with Gasteiger partial charge in [0.1, 0.15) is 6.61 Å². The quantitative estimate of drug-likeness (QED) is 0.934. The Morgan fingerprint density at radius 2 is 1.67 bits per heavy atom. The molecule has 5 nitrogen and oxygen atoms in total. The molecular weight excluding hydrogens is 306 g/mol. The maximum absolute atomic E-state index is 12.5. The first-order valence-corrected chi connectivity index (χ1v) is 7.92. The fourth-order valence-corrected chi connectivity index (χ4v) is 3.12. The minimum absolute atomic E-state index is 0.176. The van der Waals surface area contributed by atoms with E-state index in [1.807, 2.05) is 60.7 Å². The second kappa shape index (κ2) is 7.17. The van der Waals surface area contributed by atoms with Crippen molar-refractivity contribution in [2.45, 2.75) is 19.1 Å². The molecule has 24 heavy (non-hydrogen) atoms. The Balaban J connectivity index is 1.75. The Hall–Kier alpha value is -2.82. The third kappa shape index (κ3) is 3.40. The molecule has 0 saturated carbocycles. The highest BCUT2D eigenvalue weighted by Gasteiger charge is 2.42. The largest absolute Gasteiger partial charge is 0.481 e. The van der Waals surface area contributed by atoms with Crippen molar-refractivity contribution in [1.29, 1.82) is 0 Å². The fraction of sp³-hybridized carbons (Fsp3) is 0.263. The third-order valence-corrected chi connectivity index (χ3v) is 4.30. The van der Waals surface area contributed by atoms with E-state index >= 15 is 0 Å². The van der Waals surface area contributed by atoms with Gasteiger partial charge in [-0.1, -0.05) is 60.7 Å². The number of nitrogens with zero attached hydrogens (tertiary/aromatic N) is 1. The normalized spacial score (nSPS) is 19.9. The summed E-state index contributed by atoms with van der Waals surface area (Å²) in [4.78, 5) is 25.6. The van der Waals surface area contributed by atoms with Crippen LogP contribution in [0.3, 0.4) is 0 Å². The molecule has 5 heteroatoms. The molecule has 1 amide bonds. The molecule has 1 heterocycles.